The highest BCUT2D eigenvalue weighted by molar-refractivity contribution is 5.96. The van der Waals surface area contributed by atoms with E-state index in [2.05, 4.69) is 5.32 Å². The summed E-state index contributed by atoms with van der Waals surface area (Å²) >= 11 is 0. The Morgan fingerprint density at radius 3 is 2.63 bits per heavy atom. The molecule has 0 saturated carbocycles. The van der Waals surface area contributed by atoms with Gasteiger partial charge in [0, 0.05) is 6.54 Å². The van der Waals surface area contributed by atoms with E-state index < -0.39 is 5.41 Å². The van der Waals surface area contributed by atoms with Crippen molar-refractivity contribution < 1.29 is 9.53 Å². The molecular weight excluding hydrogens is 240 g/mol. The van der Waals surface area contributed by atoms with E-state index in [0.717, 1.165) is 5.56 Å². The number of aryl methyl sites for hydroxylation is 1. The van der Waals surface area contributed by atoms with Gasteiger partial charge in [-0.05, 0) is 44.9 Å². The van der Waals surface area contributed by atoms with Crippen LogP contribution in [-0.4, -0.2) is 19.1 Å². The summed E-state index contributed by atoms with van der Waals surface area (Å²) in [5.41, 5.74) is 6.95. The fourth-order valence-corrected chi connectivity index (χ4v) is 1.68. The summed E-state index contributed by atoms with van der Waals surface area (Å²) in [4.78, 5) is 12.3. The maximum Gasteiger partial charge on any atom is 0.231 e. The predicted molar refractivity (Wildman–Crippen MR) is 78.4 cm³/mol. The number of carbonyl (C=O) groups excluding carboxylic acids is 1. The molecule has 0 saturated heterocycles. The molecule has 1 aromatic carbocycles. The predicted octanol–water partition coefficient (Wildman–Crippen LogP) is 2.71. The van der Waals surface area contributed by atoms with Gasteiger partial charge in [-0.2, -0.15) is 0 Å². The fourth-order valence-electron chi connectivity index (χ4n) is 1.68. The average molecular weight is 264 g/mol. The summed E-state index contributed by atoms with van der Waals surface area (Å²) in [5.74, 6) is 0.633. The third-order valence-electron chi connectivity index (χ3n) is 3.46. The number of carbonyl (C=O) groups is 1. The van der Waals surface area contributed by atoms with Crippen molar-refractivity contribution in [2.45, 2.75) is 34.1 Å². The summed E-state index contributed by atoms with van der Waals surface area (Å²) in [6.07, 6.45) is 0.700. The lowest BCUT2D eigenvalue weighted by atomic mass is 9.86. The lowest BCUT2D eigenvalue weighted by Gasteiger charge is -2.25. The monoisotopic (exact) mass is 264 g/mol. The van der Waals surface area contributed by atoms with Crippen molar-refractivity contribution in [3.05, 3.63) is 23.8 Å². The van der Waals surface area contributed by atoms with Gasteiger partial charge in [0.1, 0.15) is 5.75 Å². The van der Waals surface area contributed by atoms with Crippen molar-refractivity contribution in [2.75, 3.05) is 18.5 Å². The Labute approximate surface area is 115 Å². The van der Waals surface area contributed by atoms with E-state index in [1.807, 2.05) is 45.9 Å². The Kier molecular flexibility index (Phi) is 5.36. The Morgan fingerprint density at radius 2 is 2.11 bits per heavy atom. The molecule has 4 nitrogen and oxygen atoms in total. The molecule has 1 rings (SSSR count). The SMILES string of the molecule is CCOc1cc(C)ccc1NC(=O)C(C)(CC)CN. The molecular formula is C15H24N2O2. The first-order valence-electron chi connectivity index (χ1n) is 6.71. The second kappa shape index (κ2) is 6.57. The zero-order valence-corrected chi connectivity index (χ0v) is 12.2. The second-order valence-electron chi connectivity index (χ2n) is 5.01. The standard InChI is InChI=1S/C15H24N2O2/c1-5-15(4,10-16)14(18)17-12-8-7-11(3)9-13(12)19-6-2/h7-9H,5-6,10,16H2,1-4H3,(H,17,18). The number of anilines is 1. The van der Waals surface area contributed by atoms with Gasteiger partial charge in [0.05, 0.1) is 17.7 Å². The smallest absolute Gasteiger partial charge is 0.231 e. The Balaban J connectivity index is 2.96. The first kappa shape index (κ1) is 15.5. The summed E-state index contributed by atoms with van der Waals surface area (Å²) in [6.45, 7) is 8.63. The molecule has 0 aromatic heterocycles. The molecule has 0 heterocycles. The van der Waals surface area contributed by atoms with Gasteiger partial charge >= 0.3 is 0 Å². The van der Waals surface area contributed by atoms with E-state index in [0.29, 0.717) is 31.0 Å². The van der Waals surface area contributed by atoms with Gasteiger partial charge in [0.15, 0.2) is 0 Å². The summed E-state index contributed by atoms with van der Waals surface area (Å²) in [7, 11) is 0. The molecule has 0 bridgehead atoms. The number of nitrogens with one attached hydrogen (secondary N) is 1. The molecule has 106 valence electrons. The Hall–Kier alpha value is -1.55. The summed E-state index contributed by atoms with van der Waals surface area (Å²) in [6, 6.07) is 5.74. The number of benzene rings is 1. The van der Waals surface area contributed by atoms with Gasteiger partial charge < -0.3 is 15.8 Å². The highest BCUT2D eigenvalue weighted by Crippen LogP contribution is 2.29. The van der Waals surface area contributed by atoms with Crippen molar-refractivity contribution in [1.82, 2.24) is 0 Å². The van der Waals surface area contributed by atoms with Gasteiger partial charge in [-0.15, -0.1) is 0 Å². The maximum absolute atomic E-state index is 12.3. The Morgan fingerprint density at radius 1 is 1.42 bits per heavy atom. The van der Waals surface area contributed by atoms with Crippen LogP contribution in [-0.2, 0) is 4.79 Å². The van der Waals surface area contributed by atoms with Crippen LogP contribution in [0.5, 0.6) is 5.75 Å². The van der Waals surface area contributed by atoms with Gasteiger partial charge in [-0.3, -0.25) is 4.79 Å². The minimum absolute atomic E-state index is 0.0673. The van der Waals surface area contributed by atoms with Crippen LogP contribution in [0.3, 0.4) is 0 Å². The third-order valence-corrected chi connectivity index (χ3v) is 3.46. The molecule has 1 amide bonds. The van der Waals surface area contributed by atoms with Crippen molar-refractivity contribution >= 4 is 11.6 Å². The minimum Gasteiger partial charge on any atom is -0.492 e. The first-order chi connectivity index (χ1) is 8.96. The van der Waals surface area contributed by atoms with Crippen LogP contribution < -0.4 is 15.8 Å². The highest BCUT2D eigenvalue weighted by Gasteiger charge is 2.30. The van der Waals surface area contributed by atoms with E-state index in [1.54, 1.807) is 0 Å². The Bertz CT molecular complexity index is 440. The molecule has 19 heavy (non-hydrogen) atoms. The van der Waals surface area contributed by atoms with E-state index in [4.69, 9.17) is 10.5 Å². The second-order valence-corrected chi connectivity index (χ2v) is 5.01. The van der Waals surface area contributed by atoms with Crippen molar-refractivity contribution in [1.29, 1.82) is 0 Å². The molecule has 0 radical (unpaired) electrons. The number of hydrogen-bond acceptors (Lipinski definition) is 3. The van der Waals surface area contributed by atoms with E-state index in [9.17, 15) is 4.79 Å². The normalized spacial score (nSPS) is 13.7. The highest BCUT2D eigenvalue weighted by atomic mass is 16.5. The van der Waals surface area contributed by atoms with Crippen molar-refractivity contribution in [3.63, 3.8) is 0 Å². The molecule has 0 fully saturated rings. The van der Waals surface area contributed by atoms with Gasteiger partial charge in [-0.1, -0.05) is 13.0 Å². The van der Waals surface area contributed by atoms with Gasteiger partial charge in [-0.25, -0.2) is 0 Å². The van der Waals surface area contributed by atoms with Crippen molar-refractivity contribution in [2.24, 2.45) is 11.1 Å². The van der Waals surface area contributed by atoms with Gasteiger partial charge in [0.25, 0.3) is 0 Å². The topological polar surface area (TPSA) is 64.3 Å². The zero-order chi connectivity index (χ0) is 14.5. The molecule has 1 aromatic rings. The van der Waals surface area contributed by atoms with E-state index >= 15 is 0 Å². The molecule has 0 aliphatic carbocycles. The van der Waals surface area contributed by atoms with Crippen LogP contribution in [0.4, 0.5) is 5.69 Å². The number of hydrogen-bond donors (Lipinski definition) is 2. The van der Waals surface area contributed by atoms with Crippen LogP contribution in [0.25, 0.3) is 0 Å². The van der Waals surface area contributed by atoms with Crippen LogP contribution in [0.15, 0.2) is 18.2 Å². The minimum atomic E-state index is -0.547. The van der Waals surface area contributed by atoms with Crippen molar-refractivity contribution in [3.8, 4) is 5.75 Å². The molecule has 3 N–H and O–H groups in total. The van der Waals surface area contributed by atoms with Gasteiger partial charge in [0.2, 0.25) is 5.91 Å². The number of amides is 1. The van der Waals surface area contributed by atoms with Crippen LogP contribution >= 0.6 is 0 Å². The fraction of sp³-hybridized carbons (Fsp3) is 0.533. The molecule has 1 atom stereocenters. The van der Waals surface area contributed by atoms with Crippen LogP contribution in [0, 0.1) is 12.3 Å². The largest absolute Gasteiger partial charge is 0.492 e. The third kappa shape index (κ3) is 3.70. The lowest BCUT2D eigenvalue weighted by Crippen LogP contribution is -2.39. The lowest BCUT2D eigenvalue weighted by molar-refractivity contribution is -0.124. The van der Waals surface area contributed by atoms with E-state index in [-0.39, 0.29) is 5.91 Å². The molecule has 0 spiro atoms. The number of rotatable bonds is 6. The zero-order valence-electron chi connectivity index (χ0n) is 12.2. The average Bonchev–Trinajstić information content (AvgIpc) is 2.41. The molecule has 0 aliphatic heterocycles. The maximum atomic E-state index is 12.3. The van der Waals surface area contributed by atoms with E-state index in [1.165, 1.54) is 0 Å². The molecule has 0 aliphatic rings. The summed E-state index contributed by atoms with van der Waals surface area (Å²) < 4.78 is 5.55. The number of ether oxygens (including phenoxy) is 1. The summed E-state index contributed by atoms with van der Waals surface area (Å²) in [5, 5.41) is 2.92. The molecule has 1 unspecified atom stereocenters. The molecule has 4 heteroatoms. The first-order valence-corrected chi connectivity index (χ1v) is 6.71. The van der Waals surface area contributed by atoms with Crippen LogP contribution in [0.2, 0.25) is 0 Å². The van der Waals surface area contributed by atoms with Crippen LogP contribution in [0.1, 0.15) is 32.8 Å². The quantitative estimate of drug-likeness (QED) is 0.830. The number of nitrogens with two attached hydrogens (primary N) is 1.